The Morgan fingerprint density at radius 2 is 1.30 bits per heavy atom. The van der Waals surface area contributed by atoms with Crippen molar-refractivity contribution >= 4 is 12.0 Å². The summed E-state index contributed by atoms with van der Waals surface area (Å²) in [6.07, 6.45) is 12.7. The summed E-state index contributed by atoms with van der Waals surface area (Å²) in [5.41, 5.74) is 2.72. The minimum Gasteiger partial charge on any atom is -0.444 e. The lowest BCUT2D eigenvalue weighted by Gasteiger charge is -2.36. The highest BCUT2D eigenvalue weighted by Gasteiger charge is 2.34. The zero-order valence-corrected chi connectivity index (χ0v) is 24.6. The summed E-state index contributed by atoms with van der Waals surface area (Å²) in [6.45, 7) is 5.50. The van der Waals surface area contributed by atoms with Crippen LogP contribution in [0.2, 0.25) is 0 Å². The highest BCUT2D eigenvalue weighted by atomic mass is 16.6. The third kappa shape index (κ3) is 10.1. The van der Waals surface area contributed by atoms with Gasteiger partial charge in [0, 0.05) is 51.3 Å². The Morgan fingerprint density at radius 3 is 1.77 bits per heavy atom. The minimum atomic E-state index is -0.679. The molecule has 2 amide bonds. The Labute approximate surface area is 239 Å². The predicted octanol–water partition coefficient (Wildman–Crippen LogP) is 6.13. The summed E-state index contributed by atoms with van der Waals surface area (Å²) in [4.78, 5) is 39.0. The molecule has 1 atom stereocenters. The van der Waals surface area contributed by atoms with Gasteiger partial charge in [-0.15, -0.1) is 0 Å². The van der Waals surface area contributed by atoms with E-state index in [1.807, 2.05) is 87.6 Å². The number of aromatic nitrogens is 2. The smallest absolute Gasteiger partial charge is 0.410 e. The van der Waals surface area contributed by atoms with Crippen molar-refractivity contribution in [3.05, 3.63) is 96.1 Å². The molecular weight excluding hydrogens is 500 g/mol. The molecule has 0 fully saturated rings. The molecule has 0 spiro atoms. The normalized spacial score (nSPS) is 12.2. The van der Waals surface area contributed by atoms with E-state index in [1.165, 1.54) is 16.0 Å². The molecule has 0 N–H and O–H groups in total. The molecule has 40 heavy (non-hydrogen) atoms. The van der Waals surface area contributed by atoms with Crippen molar-refractivity contribution in [2.75, 3.05) is 14.1 Å². The Balaban J connectivity index is 1.77. The summed E-state index contributed by atoms with van der Waals surface area (Å²) in [6, 6.07) is 17.3. The van der Waals surface area contributed by atoms with Crippen molar-refractivity contribution in [2.24, 2.45) is 0 Å². The van der Waals surface area contributed by atoms with Gasteiger partial charge in [0.2, 0.25) is 5.91 Å². The zero-order chi connectivity index (χ0) is 29.0. The van der Waals surface area contributed by atoms with E-state index >= 15 is 0 Å². The van der Waals surface area contributed by atoms with E-state index in [0.29, 0.717) is 6.42 Å². The van der Waals surface area contributed by atoms with Crippen LogP contribution in [-0.4, -0.2) is 63.5 Å². The molecule has 1 aromatic carbocycles. The van der Waals surface area contributed by atoms with Crippen LogP contribution in [0.4, 0.5) is 4.79 Å². The first-order valence-corrected chi connectivity index (χ1v) is 14.2. The molecular formula is C33H44N4O3. The highest BCUT2D eigenvalue weighted by molar-refractivity contribution is 5.86. The van der Waals surface area contributed by atoms with Gasteiger partial charge in [-0.25, -0.2) is 4.79 Å². The van der Waals surface area contributed by atoms with Crippen molar-refractivity contribution in [1.29, 1.82) is 0 Å². The lowest BCUT2D eigenvalue weighted by molar-refractivity contribution is -0.137. The maximum absolute atomic E-state index is 14.1. The van der Waals surface area contributed by atoms with E-state index in [2.05, 4.69) is 22.1 Å². The molecule has 0 saturated heterocycles. The van der Waals surface area contributed by atoms with Crippen molar-refractivity contribution in [3.63, 3.8) is 0 Å². The largest absolute Gasteiger partial charge is 0.444 e. The minimum absolute atomic E-state index is 0.0335. The molecule has 1 unspecified atom stereocenters. The number of pyridine rings is 2. The number of carbonyl (C=O) groups is 2. The molecule has 3 rings (SSSR count). The maximum Gasteiger partial charge on any atom is 0.410 e. The van der Waals surface area contributed by atoms with Crippen LogP contribution < -0.4 is 0 Å². The average molecular weight is 545 g/mol. The van der Waals surface area contributed by atoms with Crippen LogP contribution in [0.5, 0.6) is 0 Å². The Hall–Kier alpha value is -3.74. The first kappa shape index (κ1) is 30.8. The fourth-order valence-electron chi connectivity index (χ4n) is 4.81. The van der Waals surface area contributed by atoms with E-state index in [9.17, 15) is 9.59 Å². The van der Waals surface area contributed by atoms with Crippen molar-refractivity contribution in [1.82, 2.24) is 19.8 Å². The lowest BCUT2D eigenvalue weighted by atomic mass is 9.97. The number of benzene rings is 1. The summed E-state index contributed by atoms with van der Waals surface area (Å²) in [5, 5.41) is 0. The van der Waals surface area contributed by atoms with Crippen molar-refractivity contribution in [3.8, 4) is 0 Å². The second kappa shape index (κ2) is 15.2. The highest BCUT2D eigenvalue weighted by Crippen LogP contribution is 2.21. The number of ether oxygens (including phenoxy) is 1. The van der Waals surface area contributed by atoms with Gasteiger partial charge in [-0.2, -0.15) is 0 Å². The molecule has 7 nitrogen and oxygen atoms in total. The first-order chi connectivity index (χ1) is 19.1. The summed E-state index contributed by atoms with van der Waals surface area (Å²) in [5.74, 6) is -0.0787. The monoisotopic (exact) mass is 544 g/mol. The van der Waals surface area contributed by atoms with Gasteiger partial charge < -0.3 is 9.64 Å². The standard InChI is InChI=1S/C33H44N4O3/c1-33(2,3)40-32(39)37(5)30(23-26-13-7-6-8-14-26)31(38)36(4)29(19-9-15-27-17-11-21-34-24-27)20-10-16-28-18-12-22-35-25-28/h6-8,11-14,17-18,21-22,24-25,29-30H,9-10,15-16,19-20,23H2,1-5H3. The van der Waals surface area contributed by atoms with Gasteiger partial charge in [0.25, 0.3) is 0 Å². The number of nitrogens with zero attached hydrogens (tertiary/aromatic N) is 4. The number of aryl methyl sites for hydroxylation is 2. The van der Waals surface area contributed by atoms with E-state index in [1.54, 1.807) is 19.4 Å². The fraction of sp³-hybridized carbons (Fsp3) is 0.455. The molecule has 3 aromatic rings. The molecule has 0 bridgehead atoms. The van der Waals surface area contributed by atoms with E-state index in [4.69, 9.17) is 4.74 Å². The first-order valence-electron chi connectivity index (χ1n) is 14.2. The second-order valence-electron chi connectivity index (χ2n) is 11.4. The number of carbonyl (C=O) groups excluding carboxylic acids is 2. The number of amides is 2. The number of rotatable bonds is 13. The molecule has 2 heterocycles. The fourth-order valence-corrected chi connectivity index (χ4v) is 4.81. The second-order valence-corrected chi connectivity index (χ2v) is 11.4. The number of hydrogen-bond donors (Lipinski definition) is 0. The molecule has 0 radical (unpaired) electrons. The van der Waals surface area contributed by atoms with Gasteiger partial charge >= 0.3 is 6.09 Å². The van der Waals surface area contributed by atoms with E-state index < -0.39 is 17.7 Å². The van der Waals surface area contributed by atoms with Crippen LogP contribution in [0.15, 0.2) is 79.4 Å². The third-order valence-electron chi connectivity index (χ3n) is 7.05. The summed E-state index contributed by atoms with van der Waals surface area (Å²) in [7, 11) is 3.54. The Kier molecular flexibility index (Phi) is 11.7. The summed E-state index contributed by atoms with van der Waals surface area (Å²) < 4.78 is 5.64. The molecule has 0 aliphatic rings. The molecule has 0 aliphatic carbocycles. The lowest BCUT2D eigenvalue weighted by Crippen LogP contribution is -2.52. The third-order valence-corrected chi connectivity index (χ3v) is 7.05. The summed E-state index contributed by atoms with van der Waals surface area (Å²) >= 11 is 0. The van der Waals surface area contributed by atoms with Crippen LogP contribution in [0, 0.1) is 0 Å². The SMILES string of the molecule is CN(C(=O)C(Cc1ccccc1)N(C)C(=O)OC(C)(C)C)C(CCCc1cccnc1)CCCc1cccnc1. The maximum atomic E-state index is 14.1. The Morgan fingerprint density at radius 1 is 0.775 bits per heavy atom. The van der Waals surface area contributed by atoms with E-state index in [-0.39, 0.29) is 11.9 Å². The molecule has 2 aromatic heterocycles. The molecule has 0 aliphatic heterocycles. The molecule has 7 heteroatoms. The van der Waals surface area contributed by atoms with Gasteiger partial charge in [0.05, 0.1) is 0 Å². The van der Waals surface area contributed by atoms with Gasteiger partial charge in [-0.1, -0.05) is 42.5 Å². The van der Waals surface area contributed by atoms with Gasteiger partial charge in [-0.05, 0) is 88.1 Å². The Bertz CT molecular complexity index is 1120. The van der Waals surface area contributed by atoms with Crippen LogP contribution in [0.25, 0.3) is 0 Å². The van der Waals surface area contributed by atoms with Gasteiger partial charge in [0.15, 0.2) is 0 Å². The zero-order valence-electron chi connectivity index (χ0n) is 24.6. The predicted molar refractivity (Wildman–Crippen MR) is 159 cm³/mol. The quantitative estimate of drug-likeness (QED) is 0.259. The average Bonchev–Trinajstić information content (AvgIpc) is 2.95. The van der Waals surface area contributed by atoms with Crippen molar-refractivity contribution < 1.29 is 14.3 Å². The van der Waals surface area contributed by atoms with Gasteiger partial charge in [-0.3, -0.25) is 19.7 Å². The topological polar surface area (TPSA) is 75.6 Å². The van der Waals surface area contributed by atoms with Gasteiger partial charge in [0.1, 0.15) is 11.6 Å². The number of likely N-dealkylation sites (N-methyl/N-ethyl adjacent to an activating group) is 2. The van der Waals surface area contributed by atoms with Crippen LogP contribution in [0.1, 0.15) is 63.1 Å². The van der Waals surface area contributed by atoms with Crippen LogP contribution >= 0.6 is 0 Å². The van der Waals surface area contributed by atoms with Crippen LogP contribution in [0.3, 0.4) is 0 Å². The van der Waals surface area contributed by atoms with Crippen molar-refractivity contribution in [2.45, 2.75) is 83.4 Å². The number of hydrogen-bond acceptors (Lipinski definition) is 5. The van der Waals surface area contributed by atoms with E-state index in [0.717, 1.165) is 44.1 Å². The van der Waals surface area contributed by atoms with Crippen LogP contribution in [-0.2, 0) is 28.8 Å². The molecule has 214 valence electrons. The molecule has 0 saturated carbocycles.